The van der Waals surface area contributed by atoms with E-state index in [0.29, 0.717) is 13.0 Å². The van der Waals surface area contributed by atoms with Gasteiger partial charge < -0.3 is 10.2 Å². The van der Waals surface area contributed by atoms with Gasteiger partial charge in [0.05, 0.1) is 0 Å². The molecule has 0 bridgehead atoms. The smallest absolute Gasteiger partial charge is 0.245 e. The SMILES string of the molecule is CCCCCC(C)N1CCC(=O)NC(C(C)C)C1=O. The maximum atomic E-state index is 12.5. The Balaban J connectivity index is 2.69. The molecule has 0 aliphatic carbocycles. The molecular formula is C15H28N2O2. The number of hydrogen-bond donors (Lipinski definition) is 1. The van der Waals surface area contributed by atoms with Crippen molar-refractivity contribution in [3.8, 4) is 0 Å². The minimum Gasteiger partial charge on any atom is -0.344 e. The number of carbonyl (C=O) groups is 2. The Morgan fingerprint density at radius 2 is 1.95 bits per heavy atom. The number of rotatable bonds is 6. The van der Waals surface area contributed by atoms with Crippen LogP contribution in [0.5, 0.6) is 0 Å². The summed E-state index contributed by atoms with van der Waals surface area (Å²) in [4.78, 5) is 26.1. The van der Waals surface area contributed by atoms with Crippen LogP contribution in [-0.2, 0) is 9.59 Å². The van der Waals surface area contributed by atoms with E-state index >= 15 is 0 Å². The average Bonchev–Trinajstić information content (AvgIpc) is 2.49. The molecule has 0 radical (unpaired) electrons. The summed E-state index contributed by atoms with van der Waals surface area (Å²) in [7, 11) is 0. The molecule has 4 nitrogen and oxygen atoms in total. The van der Waals surface area contributed by atoms with Crippen molar-refractivity contribution in [1.29, 1.82) is 0 Å². The zero-order valence-electron chi connectivity index (χ0n) is 12.7. The van der Waals surface area contributed by atoms with Gasteiger partial charge in [0.2, 0.25) is 11.8 Å². The van der Waals surface area contributed by atoms with Crippen molar-refractivity contribution in [1.82, 2.24) is 10.2 Å². The van der Waals surface area contributed by atoms with Gasteiger partial charge in [-0.3, -0.25) is 9.59 Å². The zero-order chi connectivity index (χ0) is 14.4. The summed E-state index contributed by atoms with van der Waals surface area (Å²) >= 11 is 0. The molecular weight excluding hydrogens is 240 g/mol. The fourth-order valence-electron chi connectivity index (χ4n) is 2.55. The third-order valence-electron chi connectivity index (χ3n) is 3.87. The highest BCUT2D eigenvalue weighted by atomic mass is 16.2. The molecule has 0 aromatic carbocycles. The van der Waals surface area contributed by atoms with Gasteiger partial charge in [0.25, 0.3) is 0 Å². The van der Waals surface area contributed by atoms with E-state index in [1.165, 1.54) is 12.8 Å². The summed E-state index contributed by atoms with van der Waals surface area (Å²) < 4.78 is 0. The molecule has 1 rings (SSSR count). The van der Waals surface area contributed by atoms with Crippen LogP contribution in [0.15, 0.2) is 0 Å². The molecule has 0 aromatic heterocycles. The fraction of sp³-hybridized carbons (Fsp3) is 0.867. The van der Waals surface area contributed by atoms with E-state index in [1.54, 1.807) is 0 Å². The first-order valence-electron chi connectivity index (χ1n) is 7.57. The first-order chi connectivity index (χ1) is 8.97. The second kappa shape index (κ2) is 7.51. The quantitative estimate of drug-likeness (QED) is 0.752. The van der Waals surface area contributed by atoms with E-state index in [4.69, 9.17) is 0 Å². The monoisotopic (exact) mass is 268 g/mol. The van der Waals surface area contributed by atoms with Crippen LogP contribution in [0.3, 0.4) is 0 Å². The molecule has 4 heteroatoms. The summed E-state index contributed by atoms with van der Waals surface area (Å²) in [5.41, 5.74) is 0. The van der Waals surface area contributed by atoms with Gasteiger partial charge in [-0.15, -0.1) is 0 Å². The maximum Gasteiger partial charge on any atom is 0.245 e. The third kappa shape index (κ3) is 4.51. The lowest BCUT2D eigenvalue weighted by Crippen LogP contribution is -2.50. The van der Waals surface area contributed by atoms with Crippen LogP contribution in [0.4, 0.5) is 0 Å². The van der Waals surface area contributed by atoms with E-state index in [2.05, 4.69) is 19.2 Å². The molecule has 110 valence electrons. The largest absolute Gasteiger partial charge is 0.344 e. The van der Waals surface area contributed by atoms with Crippen molar-refractivity contribution < 1.29 is 9.59 Å². The van der Waals surface area contributed by atoms with Gasteiger partial charge in [0.1, 0.15) is 6.04 Å². The van der Waals surface area contributed by atoms with Crippen molar-refractivity contribution in [2.45, 2.75) is 71.9 Å². The van der Waals surface area contributed by atoms with Gasteiger partial charge in [0, 0.05) is 19.0 Å². The highest BCUT2D eigenvalue weighted by Crippen LogP contribution is 2.17. The number of nitrogens with one attached hydrogen (secondary N) is 1. The lowest BCUT2D eigenvalue weighted by Gasteiger charge is -2.31. The molecule has 1 heterocycles. The first kappa shape index (κ1) is 16.0. The number of unbranched alkanes of at least 4 members (excludes halogenated alkanes) is 2. The molecule has 19 heavy (non-hydrogen) atoms. The molecule has 2 unspecified atom stereocenters. The Bertz CT molecular complexity index is 315. The predicted molar refractivity (Wildman–Crippen MR) is 76.7 cm³/mol. The molecule has 2 atom stereocenters. The molecule has 0 spiro atoms. The van der Waals surface area contributed by atoms with Crippen LogP contribution in [0.2, 0.25) is 0 Å². The van der Waals surface area contributed by atoms with Gasteiger partial charge in [-0.25, -0.2) is 0 Å². The summed E-state index contributed by atoms with van der Waals surface area (Å²) in [6, 6.07) is -0.128. The second-order valence-corrected chi connectivity index (χ2v) is 5.92. The van der Waals surface area contributed by atoms with Crippen molar-refractivity contribution in [3.05, 3.63) is 0 Å². The van der Waals surface area contributed by atoms with Crippen molar-refractivity contribution >= 4 is 11.8 Å². The summed E-state index contributed by atoms with van der Waals surface area (Å²) in [6.07, 6.45) is 4.99. The van der Waals surface area contributed by atoms with E-state index in [0.717, 1.165) is 12.8 Å². The zero-order valence-corrected chi connectivity index (χ0v) is 12.7. The number of carbonyl (C=O) groups excluding carboxylic acids is 2. The number of hydrogen-bond acceptors (Lipinski definition) is 2. The van der Waals surface area contributed by atoms with Crippen LogP contribution < -0.4 is 5.32 Å². The lowest BCUT2D eigenvalue weighted by atomic mass is 10.0. The standard InChI is InChI=1S/C15H28N2O2/c1-5-6-7-8-12(4)17-10-9-13(18)16-14(11(2)3)15(17)19/h11-12,14H,5-10H2,1-4H3,(H,16,18). The predicted octanol–water partition coefficient (Wildman–Crippen LogP) is 2.33. The maximum absolute atomic E-state index is 12.5. The second-order valence-electron chi connectivity index (χ2n) is 5.92. The molecule has 1 fully saturated rings. The Morgan fingerprint density at radius 3 is 2.53 bits per heavy atom. The van der Waals surface area contributed by atoms with Gasteiger partial charge >= 0.3 is 0 Å². The Morgan fingerprint density at radius 1 is 1.26 bits per heavy atom. The van der Waals surface area contributed by atoms with Crippen LogP contribution in [0.25, 0.3) is 0 Å². The van der Waals surface area contributed by atoms with Crippen LogP contribution >= 0.6 is 0 Å². The molecule has 1 aliphatic heterocycles. The van der Waals surface area contributed by atoms with Gasteiger partial charge in [-0.1, -0.05) is 40.0 Å². The minimum atomic E-state index is -0.358. The Labute approximate surface area is 116 Å². The molecule has 1 N–H and O–H groups in total. The molecule has 1 aliphatic rings. The van der Waals surface area contributed by atoms with E-state index in [-0.39, 0.29) is 29.8 Å². The molecule has 0 aromatic rings. The normalized spacial score (nSPS) is 22.4. The van der Waals surface area contributed by atoms with E-state index in [9.17, 15) is 9.59 Å². The minimum absolute atomic E-state index is 0.00434. The summed E-state index contributed by atoms with van der Waals surface area (Å²) in [6.45, 7) is 8.79. The van der Waals surface area contributed by atoms with E-state index in [1.807, 2.05) is 18.7 Å². The van der Waals surface area contributed by atoms with Gasteiger partial charge in [0.15, 0.2) is 0 Å². The topological polar surface area (TPSA) is 49.4 Å². The molecule has 2 amide bonds. The van der Waals surface area contributed by atoms with Crippen LogP contribution in [-0.4, -0.2) is 35.3 Å². The third-order valence-corrected chi connectivity index (χ3v) is 3.87. The fourth-order valence-corrected chi connectivity index (χ4v) is 2.55. The highest BCUT2D eigenvalue weighted by molar-refractivity contribution is 5.90. The van der Waals surface area contributed by atoms with Crippen molar-refractivity contribution in [2.24, 2.45) is 5.92 Å². The van der Waals surface area contributed by atoms with Gasteiger partial charge in [-0.05, 0) is 19.3 Å². The van der Waals surface area contributed by atoms with Gasteiger partial charge in [-0.2, -0.15) is 0 Å². The van der Waals surface area contributed by atoms with Crippen LogP contribution in [0.1, 0.15) is 59.8 Å². The Kier molecular flexibility index (Phi) is 6.32. The summed E-state index contributed by atoms with van der Waals surface area (Å²) in [5.74, 6) is 0.222. The summed E-state index contributed by atoms with van der Waals surface area (Å²) in [5, 5.41) is 2.85. The average molecular weight is 268 g/mol. The van der Waals surface area contributed by atoms with Crippen molar-refractivity contribution in [3.63, 3.8) is 0 Å². The molecule has 0 saturated carbocycles. The number of amides is 2. The molecule has 1 saturated heterocycles. The van der Waals surface area contributed by atoms with Crippen molar-refractivity contribution in [2.75, 3.05) is 6.54 Å². The number of nitrogens with zero attached hydrogens (tertiary/aromatic N) is 1. The lowest BCUT2D eigenvalue weighted by molar-refractivity contribution is -0.136. The Hall–Kier alpha value is -1.06. The first-order valence-corrected chi connectivity index (χ1v) is 7.57. The van der Waals surface area contributed by atoms with E-state index < -0.39 is 0 Å². The van der Waals surface area contributed by atoms with Crippen LogP contribution in [0, 0.1) is 5.92 Å². The highest BCUT2D eigenvalue weighted by Gasteiger charge is 2.33.